The molecule has 0 spiro atoms. The normalized spacial score (nSPS) is 13.6. The summed E-state index contributed by atoms with van der Waals surface area (Å²) in [4.78, 5) is 5.17. The molecule has 2 heterocycles. The van der Waals surface area contributed by atoms with Crippen LogP contribution in [0, 0.1) is 0 Å². The van der Waals surface area contributed by atoms with Crippen LogP contribution in [0.3, 0.4) is 0 Å². The van der Waals surface area contributed by atoms with Crippen LogP contribution in [0.5, 0.6) is 23.0 Å². The molecule has 0 bridgehead atoms. The Hall–Kier alpha value is -5.45. The third-order valence-corrected chi connectivity index (χ3v) is 14.9. The van der Waals surface area contributed by atoms with Crippen LogP contribution in [0.15, 0.2) is 183 Å². The molecule has 0 fully saturated rings. The van der Waals surface area contributed by atoms with Gasteiger partial charge in [-0.15, -0.1) is 10.0 Å². The molecule has 54 heavy (non-hydrogen) atoms. The van der Waals surface area contributed by atoms with Crippen molar-refractivity contribution in [2.24, 2.45) is 0 Å². The lowest BCUT2D eigenvalue weighted by Gasteiger charge is -2.42. The highest BCUT2D eigenvalue weighted by Gasteiger charge is 2.42. The second-order valence-corrected chi connectivity index (χ2v) is 19.7. The molecule has 0 saturated carbocycles. The maximum atomic E-state index is 6.90. The summed E-state index contributed by atoms with van der Waals surface area (Å²) in [6.45, 7) is 13.7. The van der Waals surface area contributed by atoms with Crippen molar-refractivity contribution in [1.82, 2.24) is 0 Å². The Bertz CT molecular complexity index is 2330. The van der Waals surface area contributed by atoms with Crippen LogP contribution >= 0.6 is 10.0 Å². The molecule has 0 N–H and O–H groups in total. The molecule has 4 heteroatoms. The van der Waals surface area contributed by atoms with Gasteiger partial charge in [0.1, 0.15) is 23.0 Å². The molecular weight excluding hydrogens is 675 g/mol. The maximum absolute atomic E-state index is 6.90. The molecule has 266 valence electrons. The zero-order valence-electron chi connectivity index (χ0n) is 31.9. The summed E-state index contributed by atoms with van der Waals surface area (Å²) >= 11 is 0. The van der Waals surface area contributed by atoms with Gasteiger partial charge in [-0.1, -0.05) is 133 Å². The van der Waals surface area contributed by atoms with E-state index in [-0.39, 0.29) is 17.5 Å². The third-order valence-electron chi connectivity index (χ3n) is 11.0. The number of ether oxygens (including phenoxy) is 2. The van der Waals surface area contributed by atoms with Crippen LogP contribution in [0.1, 0.15) is 52.7 Å². The molecule has 7 aromatic rings. The molecular formula is C50H45BO2S. The monoisotopic (exact) mass is 720 g/mol. The van der Waals surface area contributed by atoms with Gasteiger partial charge < -0.3 is 9.47 Å². The van der Waals surface area contributed by atoms with E-state index in [1.165, 1.54) is 41.6 Å². The first-order chi connectivity index (χ1) is 26.0. The van der Waals surface area contributed by atoms with Crippen molar-refractivity contribution in [3.8, 4) is 34.1 Å². The van der Waals surface area contributed by atoms with Crippen LogP contribution in [0.2, 0.25) is 0 Å². The molecule has 0 atom stereocenters. The van der Waals surface area contributed by atoms with Gasteiger partial charge >= 0.3 is 0 Å². The van der Waals surface area contributed by atoms with E-state index in [9.17, 15) is 0 Å². The molecule has 0 saturated heterocycles. The summed E-state index contributed by atoms with van der Waals surface area (Å²) in [5.41, 5.74) is 8.29. The minimum absolute atomic E-state index is 0.00109. The number of hydrogen-bond donors (Lipinski definition) is 0. The van der Waals surface area contributed by atoms with E-state index in [0.717, 1.165) is 39.6 Å². The smallest absolute Gasteiger partial charge is 0.260 e. The zero-order valence-corrected chi connectivity index (χ0v) is 32.7. The molecule has 9 rings (SSSR count). The highest BCUT2D eigenvalue weighted by Crippen LogP contribution is 2.73. The molecule has 7 aromatic carbocycles. The standard InChI is InChI=1S/C50H45BO2S/c1-49(2,3)36-25-27-44-42(32-36)51-43-33-37(50(4,5)6)26-28-45(43)53-47-31-35(30-46(52-44)48(47)51)34-17-16-24-41(29-34)54(38-18-10-7-11-19-38,39-20-12-8-13-21-39)40-22-14-9-15-23-40/h7-33H,1-6H3. The quantitative estimate of drug-likeness (QED) is 0.165. The number of hydrogen-bond acceptors (Lipinski definition) is 2. The fourth-order valence-corrected chi connectivity index (χ4v) is 12.1. The fourth-order valence-electron chi connectivity index (χ4n) is 8.16. The van der Waals surface area contributed by atoms with Crippen LogP contribution < -0.4 is 25.9 Å². The minimum Gasteiger partial charge on any atom is -0.458 e. The van der Waals surface area contributed by atoms with E-state index in [1.54, 1.807) is 0 Å². The van der Waals surface area contributed by atoms with Crippen molar-refractivity contribution >= 4 is 33.1 Å². The van der Waals surface area contributed by atoms with Crippen molar-refractivity contribution < 1.29 is 9.47 Å². The molecule has 0 amide bonds. The minimum atomic E-state index is -1.85. The van der Waals surface area contributed by atoms with E-state index < -0.39 is 10.0 Å². The SMILES string of the molecule is CC(C)(C)c1ccc2c(c1)B1c3cc(C(C)(C)C)ccc3Oc3cc(-c4cccc(S(c5ccccc5)(c5ccccc5)c5ccccc5)c4)cc(c31)O2. The van der Waals surface area contributed by atoms with Crippen molar-refractivity contribution in [1.29, 1.82) is 0 Å². The molecule has 0 radical (unpaired) electrons. The number of fused-ring (bicyclic) bond motifs is 4. The first kappa shape index (κ1) is 34.3. The summed E-state index contributed by atoms with van der Waals surface area (Å²) in [5.74, 6) is 3.53. The van der Waals surface area contributed by atoms with Gasteiger partial charge in [-0.25, -0.2) is 0 Å². The van der Waals surface area contributed by atoms with Gasteiger partial charge in [-0.3, -0.25) is 0 Å². The molecule has 2 aliphatic rings. The highest BCUT2D eigenvalue weighted by atomic mass is 32.3. The van der Waals surface area contributed by atoms with Crippen molar-refractivity contribution in [2.45, 2.75) is 72.0 Å². The van der Waals surface area contributed by atoms with Gasteiger partial charge in [0.05, 0.1) is 0 Å². The van der Waals surface area contributed by atoms with Gasteiger partial charge in [-0.2, -0.15) is 0 Å². The summed E-state index contributed by atoms with van der Waals surface area (Å²) < 4.78 is 13.8. The van der Waals surface area contributed by atoms with E-state index in [1.807, 2.05) is 0 Å². The molecule has 2 aliphatic heterocycles. The average Bonchev–Trinajstić information content (AvgIpc) is 3.18. The van der Waals surface area contributed by atoms with E-state index in [0.29, 0.717) is 0 Å². The van der Waals surface area contributed by atoms with Gasteiger partial charge in [-0.05, 0) is 117 Å². The summed E-state index contributed by atoms with van der Waals surface area (Å²) in [6.07, 6.45) is 0. The van der Waals surface area contributed by atoms with Gasteiger partial charge in [0.15, 0.2) is 0 Å². The summed E-state index contributed by atoms with van der Waals surface area (Å²) in [7, 11) is -1.85. The van der Waals surface area contributed by atoms with Crippen LogP contribution in [-0.4, -0.2) is 6.71 Å². The molecule has 0 aromatic heterocycles. The predicted molar refractivity (Wildman–Crippen MR) is 227 cm³/mol. The van der Waals surface area contributed by atoms with Crippen molar-refractivity contribution in [2.75, 3.05) is 0 Å². The van der Waals surface area contributed by atoms with Crippen LogP contribution in [0.25, 0.3) is 11.1 Å². The second-order valence-electron chi connectivity index (χ2n) is 16.6. The van der Waals surface area contributed by atoms with Crippen molar-refractivity contribution in [3.63, 3.8) is 0 Å². The zero-order chi connectivity index (χ0) is 37.2. The van der Waals surface area contributed by atoms with E-state index in [4.69, 9.17) is 9.47 Å². The van der Waals surface area contributed by atoms with Crippen molar-refractivity contribution in [3.05, 3.63) is 175 Å². The number of rotatable bonds is 5. The largest absolute Gasteiger partial charge is 0.458 e. The lowest BCUT2D eigenvalue weighted by molar-refractivity contribution is 0.464. The molecule has 0 aliphatic carbocycles. The third kappa shape index (κ3) is 5.67. The number of benzene rings is 7. The Morgan fingerprint density at radius 3 is 1.24 bits per heavy atom. The fraction of sp³-hybridized carbons (Fsp3) is 0.160. The van der Waals surface area contributed by atoms with Gasteiger partial charge in [0.2, 0.25) is 0 Å². The summed E-state index contributed by atoms with van der Waals surface area (Å²) in [5, 5.41) is 0. The molecule has 0 unspecified atom stereocenters. The Labute approximate surface area is 322 Å². The Morgan fingerprint density at radius 2 is 0.815 bits per heavy atom. The second kappa shape index (κ2) is 12.9. The first-order valence-corrected chi connectivity index (χ1v) is 20.6. The summed E-state index contributed by atoms with van der Waals surface area (Å²) in [6, 6.07) is 60.2. The maximum Gasteiger partial charge on any atom is 0.260 e. The lowest BCUT2D eigenvalue weighted by Crippen LogP contribution is -2.57. The Balaban J connectivity index is 1.25. The van der Waals surface area contributed by atoms with Gasteiger partial charge in [0.25, 0.3) is 6.71 Å². The highest BCUT2D eigenvalue weighted by molar-refractivity contribution is 8.34. The Kier molecular flexibility index (Phi) is 8.17. The first-order valence-electron chi connectivity index (χ1n) is 18.9. The predicted octanol–water partition coefficient (Wildman–Crippen LogP) is 12.0. The van der Waals surface area contributed by atoms with E-state index in [2.05, 4.69) is 205 Å². The molecule has 2 nitrogen and oxygen atoms in total. The Morgan fingerprint density at radius 1 is 0.389 bits per heavy atom. The topological polar surface area (TPSA) is 18.5 Å². The lowest BCUT2D eigenvalue weighted by atomic mass is 9.34. The van der Waals surface area contributed by atoms with Crippen LogP contribution in [-0.2, 0) is 10.8 Å². The van der Waals surface area contributed by atoms with Gasteiger partial charge in [0, 0.05) is 25.0 Å². The van der Waals surface area contributed by atoms with E-state index >= 15 is 0 Å². The average molecular weight is 721 g/mol. The van der Waals surface area contributed by atoms with Crippen LogP contribution in [0.4, 0.5) is 0 Å².